The number of carbonyl (C=O) groups is 3. The minimum absolute atomic E-state index is 0.0498. The highest BCUT2D eigenvalue weighted by Crippen LogP contribution is 2.30. The van der Waals surface area contributed by atoms with Gasteiger partial charge in [-0.25, -0.2) is 9.79 Å². The number of urea groups is 1. The summed E-state index contributed by atoms with van der Waals surface area (Å²) in [5.74, 6) is 0.483. The fraction of sp³-hybridized carbons (Fsp3) is 0.778. The number of likely N-dealkylation sites (N-methyl/N-ethyl adjacent to an activating group) is 1. The molecule has 2 saturated heterocycles. The number of carbonyl (C=O) groups excluding carboxylic acids is 3. The number of piperidine rings is 1. The van der Waals surface area contributed by atoms with Gasteiger partial charge in [-0.05, 0) is 39.0 Å². The molecular weight excluding hydrogens is 348 g/mol. The van der Waals surface area contributed by atoms with Crippen LogP contribution in [-0.2, 0) is 9.59 Å². The van der Waals surface area contributed by atoms with Crippen molar-refractivity contribution < 1.29 is 14.4 Å². The first-order valence-electron chi connectivity index (χ1n) is 9.57. The summed E-state index contributed by atoms with van der Waals surface area (Å²) in [4.78, 5) is 43.8. The van der Waals surface area contributed by atoms with E-state index in [1.807, 2.05) is 0 Å². The predicted octanol–water partition coefficient (Wildman–Crippen LogP) is 0.129. The molecule has 2 aliphatic rings. The minimum Gasteiger partial charge on any atom is -0.354 e. The van der Waals surface area contributed by atoms with E-state index in [4.69, 9.17) is 0 Å². The largest absolute Gasteiger partial charge is 0.354 e. The molecule has 9 nitrogen and oxygen atoms in total. The number of imide groups is 1. The van der Waals surface area contributed by atoms with Crippen molar-refractivity contribution in [1.82, 2.24) is 25.8 Å². The molecule has 9 heteroatoms. The van der Waals surface area contributed by atoms with Crippen molar-refractivity contribution >= 4 is 23.8 Å². The number of guanidine groups is 1. The number of hydrogen-bond acceptors (Lipinski definition) is 4. The third-order valence-corrected chi connectivity index (χ3v) is 5.53. The average Bonchev–Trinajstić information content (AvgIpc) is 2.90. The number of nitrogens with zero attached hydrogens (tertiary/aromatic N) is 3. The molecule has 0 aromatic heterocycles. The number of amides is 4. The second-order valence-corrected chi connectivity index (χ2v) is 7.75. The van der Waals surface area contributed by atoms with Gasteiger partial charge in [-0.1, -0.05) is 6.92 Å². The first kappa shape index (κ1) is 21.0. The Morgan fingerprint density at radius 2 is 2.00 bits per heavy atom. The van der Waals surface area contributed by atoms with Crippen LogP contribution in [0.4, 0.5) is 4.79 Å². The number of aliphatic imine (C=N–C) groups is 1. The van der Waals surface area contributed by atoms with Gasteiger partial charge in [0.2, 0.25) is 5.91 Å². The quantitative estimate of drug-likeness (QED) is 0.357. The molecule has 0 saturated carbocycles. The van der Waals surface area contributed by atoms with E-state index in [0.717, 1.165) is 25.2 Å². The van der Waals surface area contributed by atoms with Gasteiger partial charge in [-0.3, -0.25) is 14.9 Å². The summed E-state index contributed by atoms with van der Waals surface area (Å²) in [6.45, 7) is 7.48. The van der Waals surface area contributed by atoms with Crippen LogP contribution < -0.4 is 16.0 Å². The predicted molar refractivity (Wildman–Crippen MR) is 103 cm³/mol. The number of nitrogens with one attached hydrogen (secondary N) is 3. The van der Waals surface area contributed by atoms with Gasteiger partial charge in [0.15, 0.2) is 5.96 Å². The van der Waals surface area contributed by atoms with Crippen molar-refractivity contribution in [2.45, 2.75) is 51.6 Å². The van der Waals surface area contributed by atoms with Crippen molar-refractivity contribution in [1.29, 1.82) is 0 Å². The van der Waals surface area contributed by atoms with Gasteiger partial charge >= 0.3 is 6.03 Å². The second-order valence-electron chi connectivity index (χ2n) is 7.75. The molecule has 0 bridgehead atoms. The highest BCUT2D eigenvalue weighted by Gasteiger charge is 2.48. The topological polar surface area (TPSA) is 106 Å². The molecule has 27 heavy (non-hydrogen) atoms. The maximum Gasteiger partial charge on any atom is 0.322 e. The van der Waals surface area contributed by atoms with Gasteiger partial charge in [0.25, 0.3) is 5.91 Å². The van der Waals surface area contributed by atoms with E-state index in [9.17, 15) is 14.4 Å². The molecule has 2 atom stereocenters. The number of hydrogen-bond donors (Lipinski definition) is 3. The van der Waals surface area contributed by atoms with Gasteiger partial charge in [-0.15, -0.1) is 0 Å². The molecule has 4 amide bonds. The van der Waals surface area contributed by atoms with Gasteiger partial charge in [0.05, 0.1) is 0 Å². The number of likely N-dealkylation sites (tertiary alicyclic amines) is 1. The molecule has 2 heterocycles. The molecule has 0 aromatic rings. The molecule has 2 rings (SSSR count). The smallest absolute Gasteiger partial charge is 0.322 e. The van der Waals surface area contributed by atoms with Crippen LogP contribution in [0, 0.1) is 5.92 Å². The Balaban J connectivity index is 2.04. The van der Waals surface area contributed by atoms with Gasteiger partial charge in [0.1, 0.15) is 12.1 Å². The van der Waals surface area contributed by atoms with Crippen LogP contribution in [0.2, 0.25) is 0 Å². The molecule has 0 aliphatic carbocycles. The van der Waals surface area contributed by atoms with E-state index in [-0.39, 0.29) is 30.3 Å². The van der Waals surface area contributed by atoms with Crippen molar-refractivity contribution in [3.05, 3.63) is 0 Å². The Hall–Kier alpha value is -2.32. The Bertz CT molecular complexity index is 612. The van der Waals surface area contributed by atoms with Crippen LogP contribution in [0.5, 0.6) is 0 Å². The lowest BCUT2D eigenvalue weighted by molar-refractivity contribution is -0.127. The van der Waals surface area contributed by atoms with Crippen molar-refractivity contribution in [2.75, 3.05) is 33.7 Å². The fourth-order valence-electron chi connectivity index (χ4n) is 3.36. The Morgan fingerprint density at radius 1 is 1.37 bits per heavy atom. The monoisotopic (exact) mass is 380 g/mol. The molecule has 0 spiro atoms. The average molecular weight is 380 g/mol. The van der Waals surface area contributed by atoms with Crippen LogP contribution in [0.1, 0.15) is 40.0 Å². The molecule has 2 aliphatic heterocycles. The molecule has 152 valence electrons. The molecule has 3 N–H and O–H groups in total. The highest BCUT2D eigenvalue weighted by atomic mass is 16.2. The summed E-state index contributed by atoms with van der Waals surface area (Å²) in [7, 11) is 3.43. The van der Waals surface area contributed by atoms with E-state index in [1.165, 1.54) is 4.90 Å². The lowest BCUT2D eigenvalue weighted by Crippen LogP contribution is -2.56. The highest BCUT2D eigenvalue weighted by molar-refractivity contribution is 6.07. The van der Waals surface area contributed by atoms with Crippen LogP contribution in [0.15, 0.2) is 4.99 Å². The standard InChI is InChI=1S/C18H32N6O3/c1-6-12(2)20-16(19-11-14(25)23(4)5)24-9-7-13(8-10-24)18(3)15(26)21-17(27)22-18/h12-13H,6-11H2,1-5H3,(H,19,20)(H2,21,22,26,27). The summed E-state index contributed by atoms with van der Waals surface area (Å²) in [6, 6.07) is -0.179. The van der Waals surface area contributed by atoms with E-state index < -0.39 is 11.6 Å². The van der Waals surface area contributed by atoms with Crippen molar-refractivity contribution in [3.8, 4) is 0 Å². The number of rotatable bonds is 5. The Kier molecular flexibility index (Phi) is 6.67. The molecule has 2 unspecified atom stereocenters. The molecule has 0 aromatic carbocycles. The maximum atomic E-state index is 12.2. The van der Waals surface area contributed by atoms with Crippen LogP contribution in [-0.4, -0.2) is 78.9 Å². The fourth-order valence-corrected chi connectivity index (χ4v) is 3.36. The normalized spacial score (nSPS) is 25.1. The van der Waals surface area contributed by atoms with Crippen molar-refractivity contribution in [3.63, 3.8) is 0 Å². The summed E-state index contributed by atoms with van der Waals surface area (Å²) in [5.41, 5.74) is -0.856. The zero-order valence-electron chi connectivity index (χ0n) is 17.0. The van der Waals surface area contributed by atoms with Crippen LogP contribution >= 0.6 is 0 Å². The van der Waals surface area contributed by atoms with E-state index in [0.29, 0.717) is 13.1 Å². The lowest BCUT2D eigenvalue weighted by atomic mass is 9.79. The molecule has 2 fully saturated rings. The third-order valence-electron chi connectivity index (χ3n) is 5.53. The molecule has 0 radical (unpaired) electrons. The van der Waals surface area contributed by atoms with E-state index in [1.54, 1.807) is 21.0 Å². The van der Waals surface area contributed by atoms with E-state index in [2.05, 4.69) is 39.7 Å². The lowest BCUT2D eigenvalue weighted by Gasteiger charge is -2.40. The summed E-state index contributed by atoms with van der Waals surface area (Å²) in [5, 5.41) is 8.50. The van der Waals surface area contributed by atoms with Gasteiger partial charge in [0, 0.05) is 33.2 Å². The van der Waals surface area contributed by atoms with Crippen molar-refractivity contribution in [2.24, 2.45) is 10.9 Å². The zero-order valence-corrected chi connectivity index (χ0v) is 17.0. The Morgan fingerprint density at radius 3 is 2.48 bits per heavy atom. The zero-order chi connectivity index (χ0) is 20.2. The molecular formula is C18H32N6O3. The third kappa shape index (κ3) is 4.90. The SMILES string of the molecule is CCC(C)NC(=NCC(=O)N(C)C)N1CCC(C2(C)NC(=O)NC2=O)CC1. The van der Waals surface area contributed by atoms with Crippen LogP contribution in [0.25, 0.3) is 0 Å². The van der Waals surface area contributed by atoms with E-state index >= 15 is 0 Å². The summed E-state index contributed by atoms with van der Waals surface area (Å²) >= 11 is 0. The Labute approximate surface area is 160 Å². The van der Waals surface area contributed by atoms with Crippen LogP contribution in [0.3, 0.4) is 0 Å². The summed E-state index contributed by atoms with van der Waals surface area (Å²) in [6.07, 6.45) is 2.46. The first-order valence-corrected chi connectivity index (χ1v) is 9.57. The van der Waals surface area contributed by atoms with Gasteiger partial charge < -0.3 is 20.4 Å². The first-order chi connectivity index (χ1) is 12.7. The van der Waals surface area contributed by atoms with Gasteiger partial charge in [-0.2, -0.15) is 0 Å². The summed E-state index contributed by atoms with van der Waals surface area (Å²) < 4.78 is 0. The minimum atomic E-state index is -0.856. The second kappa shape index (κ2) is 8.58. The maximum absolute atomic E-state index is 12.2.